The van der Waals surface area contributed by atoms with E-state index in [1.165, 1.54) is 10.5 Å². The molecule has 0 bridgehead atoms. The summed E-state index contributed by atoms with van der Waals surface area (Å²) in [6.45, 7) is 2.14. The van der Waals surface area contributed by atoms with Gasteiger partial charge in [0.25, 0.3) is 0 Å². The number of furan rings is 1. The molecule has 0 spiro atoms. The Balaban J connectivity index is 2.05. The zero-order valence-electron chi connectivity index (χ0n) is 10.4. The van der Waals surface area contributed by atoms with E-state index in [2.05, 4.69) is 52.4 Å². The molecule has 1 atom stereocenters. The van der Waals surface area contributed by atoms with Crippen molar-refractivity contribution in [2.75, 3.05) is 12.8 Å². The van der Waals surface area contributed by atoms with Crippen LogP contribution in [0.4, 0.5) is 0 Å². The van der Waals surface area contributed by atoms with Gasteiger partial charge in [-0.2, -0.15) is 0 Å². The highest BCUT2D eigenvalue weighted by atomic mass is 79.9. The lowest BCUT2D eigenvalue weighted by atomic mass is 10.2. The standard InChI is InChI=1S/C14H16BrNOS/c1-10-5-3-4-6-13(10)18-9-12(16-2)14-11(15)7-8-17-14/h3-8,12,16H,9H2,1-2H3. The molecule has 4 heteroatoms. The third kappa shape index (κ3) is 3.19. The maximum Gasteiger partial charge on any atom is 0.135 e. The van der Waals surface area contributed by atoms with Crippen LogP contribution in [0.25, 0.3) is 0 Å². The average molecular weight is 326 g/mol. The number of rotatable bonds is 5. The Morgan fingerprint density at radius 3 is 2.72 bits per heavy atom. The lowest BCUT2D eigenvalue weighted by Crippen LogP contribution is -2.18. The number of hydrogen-bond acceptors (Lipinski definition) is 3. The molecule has 1 N–H and O–H groups in total. The van der Waals surface area contributed by atoms with Gasteiger partial charge in [-0.05, 0) is 47.6 Å². The summed E-state index contributed by atoms with van der Waals surface area (Å²) >= 11 is 5.35. The van der Waals surface area contributed by atoms with Crippen LogP contribution in [0.2, 0.25) is 0 Å². The summed E-state index contributed by atoms with van der Waals surface area (Å²) in [6, 6.07) is 10.6. The van der Waals surface area contributed by atoms with E-state index in [-0.39, 0.29) is 6.04 Å². The Bertz CT molecular complexity index is 512. The van der Waals surface area contributed by atoms with Crippen molar-refractivity contribution in [3.05, 3.63) is 52.4 Å². The van der Waals surface area contributed by atoms with Crippen LogP contribution >= 0.6 is 27.7 Å². The molecular weight excluding hydrogens is 310 g/mol. The Morgan fingerprint density at radius 1 is 1.33 bits per heavy atom. The predicted molar refractivity (Wildman–Crippen MR) is 80.1 cm³/mol. The van der Waals surface area contributed by atoms with Crippen LogP contribution in [0, 0.1) is 6.92 Å². The Hall–Kier alpha value is -0.710. The molecule has 0 fully saturated rings. The predicted octanol–water partition coefficient (Wildman–Crippen LogP) is 4.40. The summed E-state index contributed by atoms with van der Waals surface area (Å²) < 4.78 is 6.53. The van der Waals surface area contributed by atoms with Crippen molar-refractivity contribution in [2.24, 2.45) is 0 Å². The molecule has 2 rings (SSSR count). The number of hydrogen-bond donors (Lipinski definition) is 1. The summed E-state index contributed by atoms with van der Waals surface area (Å²) in [5.74, 6) is 1.89. The van der Waals surface area contributed by atoms with Crippen molar-refractivity contribution in [1.29, 1.82) is 0 Å². The van der Waals surface area contributed by atoms with E-state index in [0.29, 0.717) is 0 Å². The molecule has 1 unspecified atom stereocenters. The van der Waals surface area contributed by atoms with E-state index in [9.17, 15) is 0 Å². The van der Waals surface area contributed by atoms with Gasteiger partial charge in [0, 0.05) is 10.6 Å². The van der Waals surface area contributed by atoms with E-state index in [1.807, 2.05) is 24.9 Å². The SMILES string of the molecule is CNC(CSc1ccccc1C)c1occc1Br. The summed E-state index contributed by atoms with van der Waals surface area (Å²) in [5.41, 5.74) is 1.32. The van der Waals surface area contributed by atoms with Crippen LogP contribution in [0.15, 0.2) is 50.4 Å². The molecule has 18 heavy (non-hydrogen) atoms. The molecule has 0 saturated carbocycles. The maximum atomic E-state index is 5.51. The van der Waals surface area contributed by atoms with E-state index in [4.69, 9.17) is 4.42 Å². The van der Waals surface area contributed by atoms with Crippen molar-refractivity contribution in [3.8, 4) is 0 Å². The fourth-order valence-corrected chi connectivity index (χ4v) is 3.35. The summed E-state index contributed by atoms with van der Waals surface area (Å²) in [7, 11) is 1.96. The monoisotopic (exact) mass is 325 g/mol. The van der Waals surface area contributed by atoms with Crippen LogP contribution in [0.5, 0.6) is 0 Å². The molecule has 1 aromatic heterocycles. The van der Waals surface area contributed by atoms with Gasteiger partial charge in [-0.25, -0.2) is 0 Å². The average Bonchev–Trinajstić information content (AvgIpc) is 2.79. The molecule has 0 aliphatic carbocycles. The molecular formula is C14H16BrNOS. The van der Waals surface area contributed by atoms with Crippen molar-refractivity contribution in [2.45, 2.75) is 17.9 Å². The summed E-state index contributed by atoms with van der Waals surface area (Å²) in [5, 5.41) is 3.29. The van der Waals surface area contributed by atoms with E-state index < -0.39 is 0 Å². The van der Waals surface area contributed by atoms with Gasteiger partial charge < -0.3 is 9.73 Å². The van der Waals surface area contributed by atoms with Gasteiger partial charge in [-0.1, -0.05) is 18.2 Å². The van der Waals surface area contributed by atoms with Crippen molar-refractivity contribution in [3.63, 3.8) is 0 Å². The first-order chi connectivity index (χ1) is 8.72. The second-order valence-electron chi connectivity index (χ2n) is 4.05. The minimum atomic E-state index is 0.207. The molecule has 1 aromatic carbocycles. The van der Waals surface area contributed by atoms with Crippen LogP contribution in [0.3, 0.4) is 0 Å². The first-order valence-corrected chi connectivity index (χ1v) is 7.59. The zero-order valence-corrected chi connectivity index (χ0v) is 12.8. The van der Waals surface area contributed by atoms with Gasteiger partial charge in [0.1, 0.15) is 5.76 Å². The number of benzene rings is 1. The van der Waals surface area contributed by atoms with Gasteiger partial charge in [0.05, 0.1) is 16.8 Å². The van der Waals surface area contributed by atoms with Crippen molar-refractivity contribution >= 4 is 27.7 Å². The van der Waals surface area contributed by atoms with Crippen LogP contribution in [-0.4, -0.2) is 12.8 Å². The molecule has 0 amide bonds. The van der Waals surface area contributed by atoms with Gasteiger partial charge in [-0.15, -0.1) is 11.8 Å². The number of halogens is 1. The second-order valence-corrected chi connectivity index (χ2v) is 5.97. The van der Waals surface area contributed by atoms with Crippen LogP contribution in [0.1, 0.15) is 17.4 Å². The molecule has 96 valence electrons. The smallest absolute Gasteiger partial charge is 0.135 e. The molecule has 2 nitrogen and oxygen atoms in total. The van der Waals surface area contributed by atoms with Gasteiger partial charge in [0.2, 0.25) is 0 Å². The minimum absolute atomic E-state index is 0.207. The first-order valence-electron chi connectivity index (χ1n) is 5.81. The van der Waals surface area contributed by atoms with E-state index in [1.54, 1.807) is 6.26 Å². The van der Waals surface area contributed by atoms with E-state index in [0.717, 1.165) is 16.0 Å². The van der Waals surface area contributed by atoms with Crippen LogP contribution in [-0.2, 0) is 0 Å². The lowest BCUT2D eigenvalue weighted by Gasteiger charge is -2.14. The molecule has 0 radical (unpaired) electrons. The number of thioether (sulfide) groups is 1. The molecule has 0 aliphatic rings. The molecule has 0 saturated heterocycles. The van der Waals surface area contributed by atoms with Crippen molar-refractivity contribution in [1.82, 2.24) is 5.32 Å². The summed E-state index contributed by atoms with van der Waals surface area (Å²) in [6.07, 6.45) is 1.71. The normalized spacial score (nSPS) is 12.6. The van der Waals surface area contributed by atoms with Gasteiger partial charge >= 0.3 is 0 Å². The Morgan fingerprint density at radius 2 is 2.11 bits per heavy atom. The highest BCUT2D eigenvalue weighted by Gasteiger charge is 2.16. The lowest BCUT2D eigenvalue weighted by molar-refractivity contribution is 0.450. The second kappa shape index (κ2) is 6.45. The number of aryl methyl sites for hydroxylation is 1. The molecule has 1 heterocycles. The largest absolute Gasteiger partial charge is 0.466 e. The fraction of sp³-hybridized carbons (Fsp3) is 0.286. The zero-order chi connectivity index (χ0) is 13.0. The van der Waals surface area contributed by atoms with Crippen molar-refractivity contribution < 1.29 is 4.42 Å². The third-order valence-corrected chi connectivity index (χ3v) is 4.73. The van der Waals surface area contributed by atoms with Gasteiger partial charge in [-0.3, -0.25) is 0 Å². The quantitative estimate of drug-likeness (QED) is 0.824. The highest BCUT2D eigenvalue weighted by Crippen LogP contribution is 2.30. The third-order valence-electron chi connectivity index (χ3n) is 2.81. The van der Waals surface area contributed by atoms with E-state index >= 15 is 0 Å². The topological polar surface area (TPSA) is 25.2 Å². The summed E-state index contributed by atoms with van der Waals surface area (Å²) in [4.78, 5) is 1.32. The molecule has 0 aliphatic heterocycles. The fourth-order valence-electron chi connectivity index (χ4n) is 1.74. The van der Waals surface area contributed by atoms with Crippen LogP contribution < -0.4 is 5.32 Å². The highest BCUT2D eigenvalue weighted by molar-refractivity contribution is 9.10. The van der Waals surface area contributed by atoms with Gasteiger partial charge in [0.15, 0.2) is 0 Å². The minimum Gasteiger partial charge on any atom is -0.466 e. The first kappa shape index (κ1) is 13.7. The maximum absolute atomic E-state index is 5.51. The Kier molecular flexibility index (Phi) is 4.92. The Labute approximate surface area is 120 Å². The molecule has 2 aromatic rings. The number of nitrogens with one attached hydrogen (secondary N) is 1.